The van der Waals surface area contributed by atoms with Gasteiger partial charge in [-0.15, -0.1) is 0 Å². The second kappa shape index (κ2) is 7.22. The highest BCUT2D eigenvalue weighted by Gasteiger charge is 2.41. The monoisotopic (exact) mass is 336 g/mol. The molecule has 25 heavy (non-hydrogen) atoms. The topological polar surface area (TPSA) is 32.3 Å². The van der Waals surface area contributed by atoms with Crippen molar-refractivity contribution >= 4 is 0 Å². The van der Waals surface area contributed by atoms with Crippen LogP contribution in [-0.2, 0) is 13.1 Å². The lowest BCUT2D eigenvalue weighted by Gasteiger charge is -2.40. The lowest BCUT2D eigenvalue weighted by Crippen LogP contribution is -2.44. The fourth-order valence-corrected chi connectivity index (χ4v) is 4.58. The molecule has 132 valence electrons. The van der Waals surface area contributed by atoms with Crippen LogP contribution in [-0.4, -0.2) is 45.9 Å². The SMILES string of the molecule is Cc1cccc(CN2CCC[C@]3(CCN(Cc4ccccn4)C3)C2)n1. The van der Waals surface area contributed by atoms with Crippen molar-refractivity contribution in [1.82, 2.24) is 19.8 Å². The Kier molecular flexibility index (Phi) is 4.82. The van der Waals surface area contributed by atoms with Gasteiger partial charge < -0.3 is 0 Å². The number of aryl methyl sites for hydroxylation is 1. The van der Waals surface area contributed by atoms with Gasteiger partial charge in [0.25, 0.3) is 0 Å². The van der Waals surface area contributed by atoms with Crippen molar-refractivity contribution in [3.63, 3.8) is 0 Å². The lowest BCUT2D eigenvalue weighted by molar-refractivity contribution is 0.0855. The van der Waals surface area contributed by atoms with Gasteiger partial charge in [-0.2, -0.15) is 0 Å². The maximum absolute atomic E-state index is 4.69. The van der Waals surface area contributed by atoms with Crippen LogP contribution in [0.3, 0.4) is 0 Å². The van der Waals surface area contributed by atoms with Crippen LogP contribution in [0.2, 0.25) is 0 Å². The van der Waals surface area contributed by atoms with Gasteiger partial charge in [-0.3, -0.25) is 19.8 Å². The predicted octanol–water partition coefficient (Wildman–Crippen LogP) is 3.27. The summed E-state index contributed by atoms with van der Waals surface area (Å²) < 4.78 is 0. The van der Waals surface area contributed by atoms with Gasteiger partial charge in [0.15, 0.2) is 0 Å². The molecule has 4 heteroatoms. The number of hydrogen-bond acceptors (Lipinski definition) is 4. The second-order valence-corrected chi connectivity index (χ2v) is 7.87. The fourth-order valence-electron chi connectivity index (χ4n) is 4.58. The summed E-state index contributed by atoms with van der Waals surface area (Å²) in [6.45, 7) is 8.88. The molecule has 0 amide bonds. The summed E-state index contributed by atoms with van der Waals surface area (Å²) in [7, 11) is 0. The van der Waals surface area contributed by atoms with Gasteiger partial charge in [0.2, 0.25) is 0 Å². The number of aromatic nitrogens is 2. The zero-order valence-corrected chi connectivity index (χ0v) is 15.2. The quantitative estimate of drug-likeness (QED) is 0.858. The molecular formula is C21H28N4. The molecular weight excluding hydrogens is 308 g/mol. The summed E-state index contributed by atoms with van der Waals surface area (Å²) in [5.41, 5.74) is 3.99. The van der Waals surface area contributed by atoms with Gasteiger partial charge in [-0.25, -0.2) is 0 Å². The minimum absolute atomic E-state index is 0.469. The van der Waals surface area contributed by atoms with Crippen LogP contribution in [0, 0.1) is 12.3 Å². The standard InChI is InChI=1S/C21H28N4/c1-18-6-4-8-20(23-18)15-24-12-5-9-21(16-24)10-13-25(17-21)14-19-7-2-3-11-22-19/h2-4,6-8,11H,5,9-10,12-17H2,1H3/t21-/m0/s1. The number of piperidine rings is 1. The number of nitrogens with zero attached hydrogens (tertiary/aromatic N) is 4. The first-order valence-electron chi connectivity index (χ1n) is 9.48. The van der Waals surface area contributed by atoms with E-state index in [0.29, 0.717) is 5.41 Å². The molecule has 0 bridgehead atoms. The molecule has 1 spiro atoms. The number of rotatable bonds is 4. The molecule has 0 N–H and O–H groups in total. The van der Waals surface area contributed by atoms with Crippen molar-refractivity contribution in [2.24, 2.45) is 5.41 Å². The van der Waals surface area contributed by atoms with Gasteiger partial charge in [-0.1, -0.05) is 12.1 Å². The lowest BCUT2D eigenvalue weighted by atomic mass is 9.79. The van der Waals surface area contributed by atoms with Crippen molar-refractivity contribution in [3.8, 4) is 0 Å². The van der Waals surface area contributed by atoms with E-state index in [1.54, 1.807) is 0 Å². The van der Waals surface area contributed by atoms with Crippen LogP contribution in [0.5, 0.6) is 0 Å². The van der Waals surface area contributed by atoms with Crippen LogP contribution >= 0.6 is 0 Å². The molecule has 4 rings (SSSR count). The highest BCUT2D eigenvalue weighted by molar-refractivity contribution is 5.10. The number of pyridine rings is 2. The molecule has 0 aromatic carbocycles. The van der Waals surface area contributed by atoms with Crippen LogP contribution in [0.1, 0.15) is 36.3 Å². The van der Waals surface area contributed by atoms with E-state index in [4.69, 9.17) is 4.98 Å². The normalized spacial score (nSPS) is 24.8. The largest absolute Gasteiger partial charge is 0.297 e. The molecule has 0 radical (unpaired) electrons. The highest BCUT2D eigenvalue weighted by atomic mass is 15.2. The van der Waals surface area contributed by atoms with Crippen molar-refractivity contribution in [2.75, 3.05) is 26.2 Å². The van der Waals surface area contributed by atoms with Crippen LogP contribution in [0.4, 0.5) is 0 Å². The smallest absolute Gasteiger partial charge is 0.0547 e. The second-order valence-electron chi connectivity index (χ2n) is 7.87. The van der Waals surface area contributed by atoms with E-state index < -0.39 is 0 Å². The van der Waals surface area contributed by atoms with Crippen molar-refractivity contribution in [1.29, 1.82) is 0 Å². The molecule has 2 aromatic rings. The molecule has 2 saturated heterocycles. The molecule has 0 aliphatic carbocycles. The summed E-state index contributed by atoms with van der Waals surface area (Å²) in [6.07, 6.45) is 5.89. The van der Waals surface area contributed by atoms with Gasteiger partial charge >= 0.3 is 0 Å². The van der Waals surface area contributed by atoms with E-state index in [1.807, 2.05) is 12.3 Å². The van der Waals surface area contributed by atoms with Gasteiger partial charge in [0.05, 0.1) is 11.4 Å². The summed E-state index contributed by atoms with van der Waals surface area (Å²) in [4.78, 5) is 14.4. The molecule has 0 unspecified atom stereocenters. The Morgan fingerprint density at radius 3 is 2.52 bits per heavy atom. The van der Waals surface area contributed by atoms with E-state index in [9.17, 15) is 0 Å². The van der Waals surface area contributed by atoms with Crippen LogP contribution < -0.4 is 0 Å². The highest BCUT2D eigenvalue weighted by Crippen LogP contribution is 2.39. The van der Waals surface area contributed by atoms with Crippen molar-refractivity contribution in [2.45, 2.75) is 39.3 Å². The summed E-state index contributed by atoms with van der Waals surface area (Å²) in [5, 5.41) is 0. The van der Waals surface area contributed by atoms with E-state index in [1.165, 1.54) is 56.8 Å². The Bertz CT molecular complexity index is 702. The summed E-state index contributed by atoms with van der Waals surface area (Å²) in [5.74, 6) is 0. The molecule has 4 heterocycles. The van der Waals surface area contributed by atoms with E-state index >= 15 is 0 Å². The Morgan fingerprint density at radius 1 is 0.920 bits per heavy atom. The first kappa shape index (κ1) is 16.7. The third kappa shape index (κ3) is 4.07. The molecule has 1 atom stereocenters. The van der Waals surface area contributed by atoms with Crippen molar-refractivity contribution in [3.05, 3.63) is 59.7 Å². The van der Waals surface area contributed by atoms with E-state index in [-0.39, 0.29) is 0 Å². The molecule has 4 nitrogen and oxygen atoms in total. The maximum atomic E-state index is 4.69. The number of hydrogen-bond donors (Lipinski definition) is 0. The summed E-state index contributed by atoms with van der Waals surface area (Å²) in [6, 6.07) is 12.6. The Morgan fingerprint density at radius 2 is 1.72 bits per heavy atom. The average molecular weight is 336 g/mol. The van der Waals surface area contributed by atoms with Gasteiger partial charge in [-0.05, 0) is 69.0 Å². The zero-order chi connectivity index (χ0) is 17.1. The minimum Gasteiger partial charge on any atom is -0.297 e. The molecule has 0 saturated carbocycles. The fraction of sp³-hybridized carbons (Fsp3) is 0.524. The molecule has 2 fully saturated rings. The van der Waals surface area contributed by atoms with Gasteiger partial charge in [0, 0.05) is 38.1 Å². The molecule has 2 aliphatic rings. The van der Waals surface area contributed by atoms with Crippen LogP contribution in [0.15, 0.2) is 42.6 Å². The Balaban J connectivity index is 1.37. The van der Waals surface area contributed by atoms with Gasteiger partial charge in [0.1, 0.15) is 0 Å². The van der Waals surface area contributed by atoms with E-state index in [2.05, 4.69) is 52.0 Å². The number of likely N-dealkylation sites (tertiary alicyclic amines) is 2. The third-order valence-corrected chi connectivity index (χ3v) is 5.70. The Hall–Kier alpha value is -1.78. The molecule has 2 aliphatic heterocycles. The van der Waals surface area contributed by atoms with E-state index in [0.717, 1.165) is 18.8 Å². The predicted molar refractivity (Wildman–Crippen MR) is 100 cm³/mol. The molecule has 2 aromatic heterocycles. The van der Waals surface area contributed by atoms with Crippen molar-refractivity contribution < 1.29 is 0 Å². The Labute approximate surface area is 150 Å². The van der Waals surface area contributed by atoms with Crippen LogP contribution in [0.25, 0.3) is 0 Å². The minimum atomic E-state index is 0.469. The first-order chi connectivity index (χ1) is 12.2. The first-order valence-corrected chi connectivity index (χ1v) is 9.48. The third-order valence-electron chi connectivity index (χ3n) is 5.70. The zero-order valence-electron chi connectivity index (χ0n) is 15.2. The average Bonchev–Trinajstić information content (AvgIpc) is 2.97. The maximum Gasteiger partial charge on any atom is 0.0547 e. The summed E-state index contributed by atoms with van der Waals surface area (Å²) >= 11 is 0.